The third-order valence-corrected chi connectivity index (χ3v) is 4.40. The van der Waals surface area contributed by atoms with Gasteiger partial charge in [0.15, 0.2) is 0 Å². The molecule has 110 valence electrons. The number of rotatable bonds is 4. The predicted molar refractivity (Wildman–Crippen MR) is 80.4 cm³/mol. The molecule has 0 aliphatic carbocycles. The number of nitrogens with zero attached hydrogens (tertiary/aromatic N) is 1. The Balaban J connectivity index is 2.40. The molecule has 1 fully saturated rings. The van der Waals surface area contributed by atoms with Crippen molar-refractivity contribution >= 4 is 5.97 Å². The summed E-state index contributed by atoms with van der Waals surface area (Å²) in [6, 6.07) is 10.3. The van der Waals surface area contributed by atoms with Crippen LogP contribution in [0, 0.1) is 5.92 Å². The number of hydrogen-bond donors (Lipinski definition) is 0. The Hall–Kier alpha value is -1.35. The Labute approximate surface area is 121 Å². The van der Waals surface area contributed by atoms with Crippen LogP contribution in [-0.2, 0) is 15.1 Å². The van der Waals surface area contributed by atoms with Gasteiger partial charge in [0.25, 0.3) is 0 Å². The van der Waals surface area contributed by atoms with Crippen molar-refractivity contribution in [1.82, 2.24) is 4.90 Å². The average molecular weight is 275 g/mol. The summed E-state index contributed by atoms with van der Waals surface area (Å²) in [6.07, 6.45) is 2.31. The van der Waals surface area contributed by atoms with Gasteiger partial charge in [-0.15, -0.1) is 0 Å². The highest BCUT2D eigenvalue weighted by atomic mass is 16.6. The largest absolute Gasteiger partial charge is 0.454 e. The van der Waals surface area contributed by atoms with Crippen LogP contribution in [0.15, 0.2) is 30.3 Å². The molecule has 3 heteroatoms. The number of ether oxygens (including phenoxy) is 1. The maximum absolute atomic E-state index is 12.0. The van der Waals surface area contributed by atoms with Gasteiger partial charge in [-0.3, -0.25) is 4.79 Å². The number of piperidine rings is 1. The van der Waals surface area contributed by atoms with Gasteiger partial charge in [0, 0.05) is 31.8 Å². The monoisotopic (exact) mass is 275 g/mol. The van der Waals surface area contributed by atoms with Crippen molar-refractivity contribution < 1.29 is 9.53 Å². The Bertz CT molecular complexity index is 446. The summed E-state index contributed by atoms with van der Waals surface area (Å²) in [5.74, 6) is 0.246. The van der Waals surface area contributed by atoms with Crippen molar-refractivity contribution in [1.29, 1.82) is 0 Å². The fourth-order valence-electron chi connectivity index (χ4n) is 3.20. The molecule has 1 saturated heterocycles. The van der Waals surface area contributed by atoms with Crippen molar-refractivity contribution in [2.24, 2.45) is 5.92 Å². The summed E-state index contributed by atoms with van der Waals surface area (Å²) in [7, 11) is 2.14. The zero-order valence-electron chi connectivity index (χ0n) is 12.8. The molecule has 0 amide bonds. The second kappa shape index (κ2) is 6.40. The number of carbonyl (C=O) groups is 1. The second-order valence-electron chi connectivity index (χ2n) is 5.70. The van der Waals surface area contributed by atoms with Crippen molar-refractivity contribution in [3.63, 3.8) is 0 Å². The molecule has 1 aromatic rings. The van der Waals surface area contributed by atoms with E-state index < -0.39 is 5.60 Å². The van der Waals surface area contributed by atoms with E-state index in [1.165, 1.54) is 0 Å². The molecular formula is C17H25NO2. The molecular weight excluding hydrogens is 250 g/mol. The predicted octanol–water partition coefficient (Wildman–Crippen LogP) is 3.20. The lowest BCUT2D eigenvalue weighted by atomic mass is 9.74. The Kier molecular flexibility index (Phi) is 4.81. The first-order valence-corrected chi connectivity index (χ1v) is 7.58. The number of likely N-dealkylation sites (tertiary alicyclic amines) is 1. The molecule has 0 saturated carbocycles. The van der Waals surface area contributed by atoms with Crippen LogP contribution < -0.4 is 0 Å². The van der Waals surface area contributed by atoms with Gasteiger partial charge < -0.3 is 9.64 Å². The van der Waals surface area contributed by atoms with Crippen LogP contribution in [0.1, 0.15) is 38.7 Å². The van der Waals surface area contributed by atoms with Crippen LogP contribution in [-0.4, -0.2) is 31.0 Å². The minimum atomic E-state index is -0.449. The Morgan fingerprint density at radius 1 is 1.35 bits per heavy atom. The van der Waals surface area contributed by atoms with E-state index in [0.29, 0.717) is 12.3 Å². The van der Waals surface area contributed by atoms with Gasteiger partial charge in [0.05, 0.1) is 0 Å². The van der Waals surface area contributed by atoms with E-state index >= 15 is 0 Å². The quantitative estimate of drug-likeness (QED) is 0.790. The van der Waals surface area contributed by atoms with Crippen LogP contribution in [0.25, 0.3) is 0 Å². The highest BCUT2D eigenvalue weighted by molar-refractivity contribution is 5.69. The van der Waals surface area contributed by atoms with Gasteiger partial charge in [-0.25, -0.2) is 0 Å². The molecule has 0 spiro atoms. The van der Waals surface area contributed by atoms with Gasteiger partial charge >= 0.3 is 5.97 Å². The number of hydrogen-bond acceptors (Lipinski definition) is 3. The van der Waals surface area contributed by atoms with Gasteiger partial charge in [-0.1, -0.05) is 44.2 Å². The first-order valence-electron chi connectivity index (χ1n) is 7.58. The van der Waals surface area contributed by atoms with Crippen LogP contribution >= 0.6 is 0 Å². The molecule has 20 heavy (non-hydrogen) atoms. The van der Waals surface area contributed by atoms with Gasteiger partial charge in [-0.05, 0) is 19.0 Å². The molecule has 3 nitrogen and oxygen atoms in total. The van der Waals surface area contributed by atoms with E-state index in [1.54, 1.807) is 0 Å². The highest BCUT2D eigenvalue weighted by Gasteiger charge is 2.45. The molecule has 0 bridgehead atoms. The highest BCUT2D eigenvalue weighted by Crippen LogP contribution is 2.42. The fraction of sp³-hybridized carbons (Fsp3) is 0.588. The average Bonchev–Trinajstić information content (AvgIpc) is 2.49. The van der Waals surface area contributed by atoms with Crippen molar-refractivity contribution in [2.45, 2.75) is 38.7 Å². The summed E-state index contributed by atoms with van der Waals surface area (Å²) < 4.78 is 6.00. The second-order valence-corrected chi connectivity index (χ2v) is 5.70. The van der Waals surface area contributed by atoms with Crippen LogP contribution in [0.2, 0.25) is 0 Å². The normalized spacial score (nSPS) is 27.2. The van der Waals surface area contributed by atoms with Gasteiger partial charge in [-0.2, -0.15) is 0 Å². The van der Waals surface area contributed by atoms with E-state index in [1.807, 2.05) is 25.1 Å². The zero-order valence-corrected chi connectivity index (χ0v) is 12.8. The topological polar surface area (TPSA) is 29.5 Å². The fourth-order valence-corrected chi connectivity index (χ4v) is 3.20. The van der Waals surface area contributed by atoms with E-state index in [0.717, 1.165) is 31.5 Å². The number of benzene rings is 1. The Morgan fingerprint density at radius 3 is 2.65 bits per heavy atom. The van der Waals surface area contributed by atoms with Crippen molar-refractivity contribution in [2.75, 3.05) is 20.1 Å². The zero-order chi connectivity index (χ0) is 14.6. The van der Waals surface area contributed by atoms with E-state index in [4.69, 9.17) is 4.74 Å². The summed E-state index contributed by atoms with van der Waals surface area (Å²) in [4.78, 5) is 14.3. The minimum Gasteiger partial charge on any atom is -0.454 e. The van der Waals surface area contributed by atoms with E-state index in [-0.39, 0.29) is 5.97 Å². The molecule has 0 unspecified atom stereocenters. The third-order valence-electron chi connectivity index (χ3n) is 4.40. The molecule has 2 rings (SSSR count). The van der Waals surface area contributed by atoms with E-state index in [2.05, 4.69) is 31.0 Å². The summed E-state index contributed by atoms with van der Waals surface area (Å²) in [5.41, 5.74) is 0.692. The van der Waals surface area contributed by atoms with Crippen molar-refractivity contribution in [3.8, 4) is 0 Å². The smallest absolute Gasteiger partial charge is 0.306 e. The molecule has 0 radical (unpaired) electrons. The molecule has 1 heterocycles. The molecule has 0 aromatic heterocycles. The third kappa shape index (κ3) is 2.88. The number of esters is 1. The molecule has 1 aromatic carbocycles. The SMILES string of the molecule is CCC(=O)O[C@]1(c2ccccc2)CCN(C)C[C@@H]1CC. The van der Waals surface area contributed by atoms with Gasteiger partial charge in [0.1, 0.15) is 5.60 Å². The lowest BCUT2D eigenvalue weighted by molar-refractivity contribution is -0.176. The summed E-state index contributed by atoms with van der Waals surface area (Å²) in [6.45, 7) is 5.98. The van der Waals surface area contributed by atoms with Crippen LogP contribution in [0.4, 0.5) is 0 Å². The minimum absolute atomic E-state index is 0.100. The maximum Gasteiger partial charge on any atom is 0.306 e. The van der Waals surface area contributed by atoms with Crippen molar-refractivity contribution in [3.05, 3.63) is 35.9 Å². The van der Waals surface area contributed by atoms with E-state index in [9.17, 15) is 4.79 Å². The van der Waals surface area contributed by atoms with Crippen LogP contribution in [0.5, 0.6) is 0 Å². The molecule has 2 atom stereocenters. The summed E-state index contributed by atoms with van der Waals surface area (Å²) >= 11 is 0. The first-order chi connectivity index (χ1) is 9.62. The number of carbonyl (C=O) groups excluding carboxylic acids is 1. The molecule has 1 aliphatic heterocycles. The Morgan fingerprint density at radius 2 is 2.05 bits per heavy atom. The van der Waals surface area contributed by atoms with Gasteiger partial charge in [0.2, 0.25) is 0 Å². The lowest BCUT2D eigenvalue weighted by Gasteiger charge is -2.46. The molecule has 1 aliphatic rings. The molecule has 0 N–H and O–H groups in total. The first kappa shape index (κ1) is 15.0. The van der Waals surface area contributed by atoms with Crippen LogP contribution in [0.3, 0.4) is 0 Å². The standard InChI is InChI=1S/C17H25NO2/c1-4-14-13-18(3)12-11-17(14,20-16(19)5-2)15-9-7-6-8-10-15/h6-10,14H,4-5,11-13H2,1-3H3/t14-,17+/m0/s1. The maximum atomic E-state index is 12.0. The lowest BCUT2D eigenvalue weighted by Crippen LogP contribution is -2.51. The summed E-state index contributed by atoms with van der Waals surface area (Å²) in [5, 5.41) is 0.